The van der Waals surface area contributed by atoms with Crippen LogP contribution in [0.4, 0.5) is 0 Å². The Morgan fingerprint density at radius 1 is 0.629 bits per heavy atom. The van der Waals surface area contributed by atoms with E-state index < -0.39 is 0 Å². The van der Waals surface area contributed by atoms with Crippen molar-refractivity contribution in [3.05, 3.63) is 106 Å². The summed E-state index contributed by atoms with van der Waals surface area (Å²) in [4.78, 5) is 28.3. The molecule has 35 heavy (non-hydrogen) atoms. The zero-order valence-electron chi connectivity index (χ0n) is 20.4. The second-order valence-corrected chi connectivity index (χ2v) is 9.47. The number of carbonyl (C=O) groups excluding carboxylic acids is 2. The number of rotatable bonds is 4. The Hall–Kier alpha value is -4.12. The third kappa shape index (κ3) is 2.94. The molecule has 6 rings (SSSR count). The molecule has 5 aromatic rings. The van der Waals surface area contributed by atoms with Crippen molar-refractivity contribution in [2.45, 2.75) is 19.8 Å². The van der Waals surface area contributed by atoms with Crippen LogP contribution in [0.3, 0.4) is 0 Å². The molecular weight excluding hydrogens is 434 g/mol. The van der Waals surface area contributed by atoms with Gasteiger partial charge in [0.2, 0.25) is 0 Å². The minimum atomic E-state index is -0.216. The van der Waals surface area contributed by atoms with E-state index in [4.69, 9.17) is 0 Å². The highest BCUT2D eigenvalue weighted by molar-refractivity contribution is 6.21. The number of hydrogen-bond donors (Lipinski definition) is 0. The maximum atomic E-state index is 13.4. The quantitative estimate of drug-likeness (QED) is 0.322. The Labute approximate surface area is 204 Å². The van der Waals surface area contributed by atoms with Crippen molar-refractivity contribution in [2.75, 3.05) is 6.54 Å². The first-order valence-corrected chi connectivity index (χ1v) is 11.9. The molecule has 0 aliphatic carbocycles. The Morgan fingerprint density at radius 2 is 1.03 bits per heavy atom. The molecule has 174 valence electrons. The van der Waals surface area contributed by atoms with Crippen LogP contribution < -0.4 is 0 Å². The number of aryl methyl sites for hydroxylation is 2. The van der Waals surface area contributed by atoms with Gasteiger partial charge in [-0.05, 0) is 49.2 Å². The van der Waals surface area contributed by atoms with Crippen molar-refractivity contribution in [3.63, 3.8) is 0 Å². The summed E-state index contributed by atoms with van der Waals surface area (Å²) >= 11 is 0. The van der Waals surface area contributed by atoms with E-state index in [2.05, 4.69) is 73.5 Å². The number of imide groups is 1. The summed E-state index contributed by atoms with van der Waals surface area (Å²) in [6.45, 7) is 4.55. The molecule has 2 aromatic heterocycles. The Balaban J connectivity index is 1.61. The van der Waals surface area contributed by atoms with Crippen LogP contribution in [0.2, 0.25) is 0 Å². The minimum Gasteiger partial charge on any atom is -0.348 e. The molecule has 0 fully saturated rings. The van der Waals surface area contributed by atoms with E-state index in [9.17, 15) is 9.59 Å². The molecule has 5 heteroatoms. The van der Waals surface area contributed by atoms with Crippen molar-refractivity contribution in [1.82, 2.24) is 14.0 Å². The van der Waals surface area contributed by atoms with Crippen molar-refractivity contribution >= 4 is 33.6 Å². The summed E-state index contributed by atoms with van der Waals surface area (Å²) in [5.41, 5.74) is 7.87. The number of benzene rings is 3. The van der Waals surface area contributed by atoms with Crippen molar-refractivity contribution < 1.29 is 9.59 Å². The average Bonchev–Trinajstić information content (AvgIpc) is 3.39. The van der Waals surface area contributed by atoms with E-state index >= 15 is 0 Å². The molecule has 0 radical (unpaired) electrons. The number of hydrogen-bond acceptors (Lipinski definition) is 2. The van der Waals surface area contributed by atoms with Gasteiger partial charge in [0.15, 0.2) is 0 Å². The van der Waals surface area contributed by atoms with Crippen molar-refractivity contribution in [2.24, 2.45) is 14.1 Å². The number of carbonyl (C=O) groups is 2. The summed E-state index contributed by atoms with van der Waals surface area (Å²) < 4.78 is 4.42. The van der Waals surface area contributed by atoms with Gasteiger partial charge in [-0.2, -0.15) is 0 Å². The van der Waals surface area contributed by atoms with Crippen LogP contribution in [-0.2, 0) is 14.1 Å². The highest BCUT2D eigenvalue weighted by atomic mass is 16.2. The molecule has 0 atom stereocenters. The second kappa shape index (κ2) is 7.70. The van der Waals surface area contributed by atoms with Crippen LogP contribution in [0.5, 0.6) is 0 Å². The van der Waals surface area contributed by atoms with Crippen LogP contribution in [0, 0.1) is 13.8 Å². The fourth-order valence-corrected chi connectivity index (χ4v) is 5.89. The molecule has 1 aliphatic heterocycles. The molecule has 0 saturated carbocycles. The maximum absolute atomic E-state index is 13.4. The largest absolute Gasteiger partial charge is 0.348 e. The predicted molar refractivity (Wildman–Crippen MR) is 139 cm³/mol. The smallest absolute Gasteiger partial charge is 0.261 e. The first-order chi connectivity index (χ1) is 16.9. The topological polar surface area (TPSA) is 47.2 Å². The first kappa shape index (κ1) is 21.4. The lowest BCUT2D eigenvalue weighted by atomic mass is 9.86. The zero-order chi connectivity index (χ0) is 24.4. The molecule has 3 heterocycles. The summed E-state index contributed by atoms with van der Waals surface area (Å²) in [7, 11) is 4.16. The SMILES string of the molecule is Cc1c(C(CN2C(=O)c3ccccc3C2=O)c2c(C)n(C)c3ccccc23)c2ccccc2n1C. The number of nitrogens with zero attached hydrogens (tertiary/aromatic N) is 3. The van der Waals surface area contributed by atoms with Gasteiger partial charge in [-0.25, -0.2) is 0 Å². The number of amides is 2. The van der Waals surface area contributed by atoms with Gasteiger partial charge in [-0.1, -0.05) is 48.5 Å². The van der Waals surface area contributed by atoms with Gasteiger partial charge in [0.25, 0.3) is 11.8 Å². The third-order valence-corrected chi connectivity index (χ3v) is 7.84. The summed E-state index contributed by atoms with van der Waals surface area (Å²) in [6, 6.07) is 23.9. The van der Waals surface area contributed by atoms with Crippen LogP contribution in [-0.4, -0.2) is 32.4 Å². The van der Waals surface area contributed by atoms with Gasteiger partial charge in [0.05, 0.1) is 11.1 Å². The number of para-hydroxylation sites is 2. The Kier molecular flexibility index (Phi) is 4.71. The van der Waals surface area contributed by atoms with Gasteiger partial charge < -0.3 is 9.13 Å². The monoisotopic (exact) mass is 461 g/mol. The fourth-order valence-electron chi connectivity index (χ4n) is 5.89. The van der Waals surface area contributed by atoms with Crippen molar-refractivity contribution in [1.29, 1.82) is 0 Å². The molecule has 1 aliphatic rings. The second-order valence-electron chi connectivity index (χ2n) is 9.47. The van der Waals surface area contributed by atoms with E-state index in [-0.39, 0.29) is 24.3 Å². The van der Waals surface area contributed by atoms with E-state index in [0.29, 0.717) is 11.1 Å². The first-order valence-electron chi connectivity index (χ1n) is 11.9. The molecule has 0 unspecified atom stereocenters. The molecule has 0 saturated heterocycles. The average molecular weight is 462 g/mol. The molecule has 0 bridgehead atoms. The van der Waals surface area contributed by atoms with Crippen LogP contribution in [0.1, 0.15) is 49.1 Å². The Morgan fingerprint density at radius 3 is 1.49 bits per heavy atom. The number of fused-ring (bicyclic) bond motifs is 3. The molecular formula is C30H27N3O2. The molecule has 2 amide bonds. The van der Waals surface area contributed by atoms with E-state index in [0.717, 1.165) is 33.2 Å². The molecule has 0 N–H and O–H groups in total. The highest BCUT2D eigenvalue weighted by Gasteiger charge is 2.39. The van der Waals surface area contributed by atoms with Crippen LogP contribution in [0.15, 0.2) is 72.8 Å². The van der Waals surface area contributed by atoms with Crippen LogP contribution >= 0.6 is 0 Å². The number of aromatic nitrogens is 2. The summed E-state index contributed by atoms with van der Waals surface area (Å²) in [6.07, 6.45) is 0. The van der Waals surface area contributed by atoms with Gasteiger partial charge in [0, 0.05) is 59.8 Å². The maximum Gasteiger partial charge on any atom is 0.261 e. The lowest BCUT2D eigenvalue weighted by Gasteiger charge is -2.25. The van der Waals surface area contributed by atoms with E-state index in [1.54, 1.807) is 12.1 Å². The normalized spacial score (nSPS) is 13.6. The van der Waals surface area contributed by atoms with E-state index in [1.807, 2.05) is 24.3 Å². The standard InChI is InChI=1S/C30H27N3O2/c1-18-27(22-13-7-9-15-25(22)31(18)3)24(28-19(2)32(4)26-16-10-8-14-23(26)28)17-33-29(34)20-11-5-6-12-21(20)30(33)35/h5-16,24H,17H2,1-4H3. The van der Waals surface area contributed by atoms with Gasteiger partial charge in [-0.15, -0.1) is 0 Å². The van der Waals surface area contributed by atoms with Gasteiger partial charge in [0.1, 0.15) is 0 Å². The zero-order valence-corrected chi connectivity index (χ0v) is 20.4. The summed E-state index contributed by atoms with van der Waals surface area (Å²) in [5, 5.41) is 2.31. The summed E-state index contributed by atoms with van der Waals surface area (Å²) in [5.74, 6) is -0.604. The Bertz CT molecular complexity index is 1550. The fraction of sp³-hybridized carbons (Fsp3) is 0.200. The molecule has 3 aromatic carbocycles. The van der Waals surface area contributed by atoms with E-state index in [1.165, 1.54) is 16.0 Å². The van der Waals surface area contributed by atoms with Crippen LogP contribution in [0.25, 0.3) is 21.8 Å². The third-order valence-electron chi connectivity index (χ3n) is 7.84. The van der Waals surface area contributed by atoms with Gasteiger partial charge in [-0.3, -0.25) is 14.5 Å². The predicted octanol–water partition coefficient (Wildman–Crippen LogP) is 5.71. The lowest BCUT2D eigenvalue weighted by molar-refractivity contribution is 0.0649. The van der Waals surface area contributed by atoms with Gasteiger partial charge >= 0.3 is 0 Å². The molecule has 5 nitrogen and oxygen atoms in total. The lowest BCUT2D eigenvalue weighted by Crippen LogP contribution is -2.34. The highest BCUT2D eigenvalue weighted by Crippen LogP contribution is 2.41. The minimum absolute atomic E-state index is 0.172. The molecule has 0 spiro atoms. The van der Waals surface area contributed by atoms with Crippen molar-refractivity contribution in [3.8, 4) is 0 Å².